The number of phenols is 2. The molecular formula is C16H19NO4. The van der Waals surface area contributed by atoms with Gasteiger partial charge in [0, 0.05) is 12.6 Å². The van der Waals surface area contributed by atoms with E-state index in [1.54, 1.807) is 6.07 Å². The second-order valence-electron chi connectivity index (χ2n) is 4.84. The average molecular weight is 289 g/mol. The molecule has 5 heteroatoms. The zero-order chi connectivity index (χ0) is 15.2. The van der Waals surface area contributed by atoms with Gasteiger partial charge in [-0.3, -0.25) is 0 Å². The summed E-state index contributed by atoms with van der Waals surface area (Å²) in [6.07, 6.45) is 0.395. The Balaban J connectivity index is 2.01. The third-order valence-electron chi connectivity index (χ3n) is 3.40. The Morgan fingerprint density at radius 2 is 1.71 bits per heavy atom. The van der Waals surface area contributed by atoms with Gasteiger partial charge in [0.25, 0.3) is 0 Å². The van der Waals surface area contributed by atoms with Crippen LogP contribution in [0.3, 0.4) is 0 Å². The first-order chi connectivity index (χ1) is 10.1. The van der Waals surface area contributed by atoms with Gasteiger partial charge in [-0.25, -0.2) is 0 Å². The number of aromatic hydroxyl groups is 2. The maximum Gasteiger partial charge on any atom is 0.122 e. The van der Waals surface area contributed by atoms with Crippen LogP contribution in [0.25, 0.3) is 0 Å². The van der Waals surface area contributed by atoms with Crippen LogP contribution in [0.5, 0.6) is 11.5 Å². The normalized spacial score (nSPS) is 12.5. The van der Waals surface area contributed by atoms with Crippen LogP contribution in [0.2, 0.25) is 0 Å². The lowest BCUT2D eigenvalue weighted by Gasteiger charge is -2.24. The summed E-state index contributed by atoms with van der Waals surface area (Å²) < 4.78 is 0. The van der Waals surface area contributed by atoms with Gasteiger partial charge in [-0.05, 0) is 23.6 Å². The van der Waals surface area contributed by atoms with Crippen LogP contribution in [0.1, 0.15) is 17.2 Å². The third-order valence-corrected chi connectivity index (χ3v) is 3.40. The van der Waals surface area contributed by atoms with Crippen LogP contribution < -0.4 is 0 Å². The molecule has 0 bridgehead atoms. The van der Waals surface area contributed by atoms with Crippen molar-refractivity contribution >= 4 is 0 Å². The van der Waals surface area contributed by atoms with Crippen LogP contribution in [0.15, 0.2) is 48.5 Å². The van der Waals surface area contributed by atoms with Gasteiger partial charge in [0.15, 0.2) is 0 Å². The van der Waals surface area contributed by atoms with Gasteiger partial charge in [-0.1, -0.05) is 36.4 Å². The molecule has 4 N–H and O–H groups in total. The van der Waals surface area contributed by atoms with Crippen molar-refractivity contribution in [2.75, 3.05) is 13.2 Å². The second kappa shape index (κ2) is 7.08. The fourth-order valence-corrected chi connectivity index (χ4v) is 2.20. The van der Waals surface area contributed by atoms with Crippen LogP contribution >= 0.6 is 0 Å². The second-order valence-corrected chi connectivity index (χ2v) is 4.84. The fourth-order valence-electron chi connectivity index (χ4n) is 2.20. The Bertz CT molecular complexity index is 574. The van der Waals surface area contributed by atoms with Crippen LogP contribution in [-0.2, 0) is 6.42 Å². The Morgan fingerprint density at radius 1 is 1.00 bits per heavy atom. The summed E-state index contributed by atoms with van der Waals surface area (Å²) in [7, 11) is 0. The van der Waals surface area contributed by atoms with Gasteiger partial charge in [-0.2, -0.15) is 5.06 Å². The number of aliphatic hydroxyl groups is 1. The molecule has 0 saturated heterocycles. The molecule has 0 radical (unpaired) electrons. The molecule has 0 aliphatic carbocycles. The number of hydrogen-bond donors (Lipinski definition) is 4. The largest absolute Gasteiger partial charge is 0.508 e. The number of phenolic OH excluding ortho intramolecular Hbond substituents is 2. The molecule has 1 atom stereocenters. The molecule has 0 aromatic heterocycles. The van der Waals surface area contributed by atoms with E-state index in [4.69, 9.17) is 0 Å². The molecule has 0 fully saturated rings. The molecule has 0 aliphatic heterocycles. The molecule has 112 valence electrons. The van der Waals surface area contributed by atoms with Gasteiger partial charge in [0.2, 0.25) is 0 Å². The SMILES string of the molecule is OCC(c1ccccc1)N(O)CCc1ccc(O)cc1O. The topological polar surface area (TPSA) is 84.2 Å². The first kappa shape index (κ1) is 15.3. The summed E-state index contributed by atoms with van der Waals surface area (Å²) in [6, 6.07) is 13.1. The molecule has 0 spiro atoms. The predicted octanol–water partition coefficient (Wildman–Crippen LogP) is 2.07. The third kappa shape index (κ3) is 3.95. The number of hydrogen-bond acceptors (Lipinski definition) is 5. The molecule has 21 heavy (non-hydrogen) atoms. The number of aliphatic hydroxyl groups excluding tert-OH is 1. The van der Waals surface area contributed by atoms with Crippen molar-refractivity contribution in [3.05, 3.63) is 59.7 Å². The lowest BCUT2D eigenvalue weighted by Crippen LogP contribution is -2.29. The zero-order valence-corrected chi connectivity index (χ0v) is 11.6. The van der Waals surface area contributed by atoms with Gasteiger partial charge in [-0.15, -0.1) is 0 Å². The highest BCUT2D eigenvalue weighted by molar-refractivity contribution is 5.39. The maximum absolute atomic E-state index is 10.1. The minimum Gasteiger partial charge on any atom is -0.508 e. The summed E-state index contributed by atoms with van der Waals surface area (Å²) in [5.74, 6) is -0.0155. The van der Waals surface area contributed by atoms with Crippen molar-refractivity contribution in [2.45, 2.75) is 12.5 Å². The van der Waals surface area contributed by atoms with E-state index in [1.165, 1.54) is 12.1 Å². The number of rotatable bonds is 6. The molecule has 2 rings (SSSR count). The van der Waals surface area contributed by atoms with E-state index in [1.807, 2.05) is 30.3 Å². The van der Waals surface area contributed by atoms with Crippen molar-refractivity contribution in [3.63, 3.8) is 0 Å². The van der Waals surface area contributed by atoms with E-state index in [0.29, 0.717) is 12.0 Å². The van der Waals surface area contributed by atoms with Gasteiger partial charge < -0.3 is 20.5 Å². The highest BCUT2D eigenvalue weighted by Gasteiger charge is 2.18. The van der Waals surface area contributed by atoms with Crippen molar-refractivity contribution in [1.82, 2.24) is 5.06 Å². The molecule has 0 heterocycles. The van der Waals surface area contributed by atoms with E-state index in [2.05, 4.69) is 0 Å². The molecular weight excluding hydrogens is 270 g/mol. The molecule has 0 amide bonds. The number of benzene rings is 2. The summed E-state index contributed by atoms with van der Waals surface area (Å²) in [5.41, 5.74) is 1.44. The first-order valence-electron chi connectivity index (χ1n) is 6.74. The molecule has 0 aliphatic rings. The monoisotopic (exact) mass is 289 g/mol. The van der Waals surface area contributed by atoms with Gasteiger partial charge >= 0.3 is 0 Å². The summed E-state index contributed by atoms with van der Waals surface area (Å²) in [5, 5.41) is 39.6. The standard InChI is InChI=1S/C16H19NO4/c18-11-15(12-4-2-1-3-5-12)17(21)9-8-13-6-7-14(19)10-16(13)20/h1-7,10,15,18-21H,8-9,11H2. The molecule has 0 saturated carbocycles. The lowest BCUT2D eigenvalue weighted by atomic mass is 10.1. The van der Waals surface area contributed by atoms with Crippen molar-refractivity contribution in [1.29, 1.82) is 0 Å². The molecule has 2 aromatic carbocycles. The lowest BCUT2D eigenvalue weighted by molar-refractivity contribution is -0.138. The molecule has 2 aromatic rings. The van der Waals surface area contributed by atoms with Crippen LogP contribution in [0, 0.1) is 0 Å². The summed E-state index contributed by atoms with van der Waals surface area (Å²) in [4.78, 5) is 0. The predicted molar refractivity (Wildman–Crippen MR) is 78.2 cm³/mol. The summed E-state index contributed by atoms with van der Waals surface area (Å²) in [6.45, 7) is 0.0422. The Hall–Kier alpha value is -2.08. The smallest absolute Gasteiger partial charge is 0.122 e. The Kier molecular flexibility index (Phi) is 5.16. The highest BCUT2D eigenvalue weighted by Crippen LogP contribution is 2.24. The summed E-state index contributed by atoms with van der Waals surface area (Å²) >= 11 is 0. The van der Waals surface area contributed by atoms with Crippen LogP contribution in [-0.4, -0.2) is 38.7 Å². The molecule has 1 unspecified atom stereocenters. The van der Waals surface area contributed by atoms with E-state index >= 15 is 0 Å². The van der Waals surface area contributed by atoms with E-state index in [-0.39, 0.29) is 24.7 Å². The van der Waals surface area contributed by atoms with Crippen molar-refractivity contribution in [3.8, 4) is 11.5 Å². The Morgan fingerprint density at radius 3 is 2.33 bits per heavy atom. The quantitative estimate of drug-likeness (QED) is 0.612. The zero-order valence-electron chi connectivity index (χ0n) is 11.6. The van der Waals surface area contributed by atoms with Gasteiger partial charge in [0.1, 0.15) is 11.5 Å². The maximum atomic E-state index is 10.1. The van der Waals surface area contributed by atoms with E-state index in [0.717, 1.165) is 10.6 Å². The number of hydroxylamine groups is 2. The average Bonchev–Trinajstić information content (AvgIpc) is 2.48. The number of nitrogens with zero attached hydrogens (tertiary/aromatic N) is 1. The minimum absolute atomic E-state index is 0.00498. The van der Waals surface area contributed by atoms with E-state index < -0.39 is 6.04 Å². The highest BCUT2D eigenvalue weighted by atomic mass is 16.5. The van der Waals surface area contributed by atoms with Crippen molar-refractivity contribution in [2.24, 2.45) is 0 Å². The van der Waals surface area contributed by atoms with Crippen molar-refractivity contribution < 1.29 is 20.5 Å². The Labute approximate surface area is 123 Å². The molecule has 5 nitrogen and oxygen atoms in total. The van der Waals surface area contributed by atoms with Gasteiger partial charge in [0.05, 0.1) is 12.6 Å². The van der Waals surface area contributed by atoms with E-state index in [9.17, 15) is 20.5 Å². The van der Waals surface area contributed by atoms with Crippen LogP contribution in [0.4, 0.5) is 0 Å². The first-order valence-corrected chi connectivity index (χ1v) is 6.74. The fraction of sp³-hybridized carbons (Fsp3) is 0.250. The minimum atomic E-state index is -0.509.